The van der Waals surface area contributed by atoms with Gasteiger partial charge in [-0.1, -0.05) is 236 Å². The molecule has 0 aromatic rings. The molecule has 0 aromatic heterocycles. The molecule has 1 amide bonds. The SMILES string of the molecule is CCC/C=C\C/C=C\CCCCCCCC(=O)OCCCCCCCCCCCCCC/C=C\CCCCCCCCCCCC(=O)NC(CO)C(O)/C=C/CCCCCCCCC. The van der Waals surface area contributed by atoms with Crippen molar-refractivity contribution in [1.82, 2.24) is 5.32 Å². The van der Waals surface area contributed by atoms with Crippen LogP contribution >= 0.6 is 0 Å². The number of allylic oxidation sites excluding steroid dienone is 7. The number of ether oxygens (including phenoxy) is 1. The van der Waals surface area contributed by atoms with Crippen LogP contribution in [0.3, 0.4) is 0 Å². The average molecular weight is 898 g/mol. The summed E-state index contributed by atoms with van der Waals surface area (Å²) in [5.41, 5.74) is 0. The summed E-state index contributed by atoms with van der Waals surface area (Å²) in [6.45, 7) is 4.80. The molecule has 0 aliphatic rings. The molecule has 2 unspecified atom stereocenters. The average Bonchev–Trinajstić information content (AvgIpc) is 3.29. The highest BCUT2D eigenvalue weighted by Gasteiger charge is 2.18. The van der Waals surface area contributed by atoms with Crippen molar-refractivity contribution >= 4 is 11.9 Å². The van der Waals surface area contributed by atoms with Gasteiger partial charge in [-0.3, -0.25) is 9.59 Å². The van der Waals surface area contributed by atoms with Gasteiger partial charge >= 0.3 is 5.97 Å². The maximum absolute atomic E-state index is 12.4. The highest BCUT2D eigenvalue weighted by atomic mass is 16.5. The van der Waals surface area contributed by atoms with Gasteiger partial charge in [0.2, 0.25) is 5.91 Å². The number of carbonyl (C=O) groups is 2. The predicted octanol–water partition coefficient (Wildman–Crippen LogP) is 17.0. The maximum Gasteiger partial charge on any atom is 0.305 e. The fourth-order valence-corrected chi connectivity index (χ4v) is 8.25. The largest absolute Gasteiger partial charge is 0.466 e. The zero-order valence-electron chi connectivity index (χ0n) is 42.5. The third-order valence-corrected chi connectivity index (χ3v) is 12.5. The molecule has 0 saturated heterocycles. The van der Waals surface area contributed by atoms with E-state index in [0.717, 1.165) is 51.4 Å². The van der Waals surface area contributed by atoms with Crippen LogP contribution in [0.4, 0.5) is 0 Å². The highest BCUT2D eigenvalue weighted by molar-refractivity contribution is 5.76. The first kappa shape index (κ1) is 61.8. The lowest BCUT2D eigenvalue weighted by atomic mass is 10.0. The van der Waals surface area contributed by atoms with E-state index in [1.165, 1.54) is 205 Å². The van der Waals surface area contributed by atoms with E-state index in [1.54, 1.807) is 6.08 Å². The maximum atomic E-state index is 12.4. The van der Waals surface area contributed by atoms with E-state index in [1.807, 2.05) is 6.08 Å². The number of rotatable bonds is 51. The standard InChI is InChI=1S/C58H107NO5/c1-3-5-7-9-11-13-14-28-32-36-40-44-48-52-58(63)64-53-49-45-41-37-33-30-27-25-23-21-19-17-15-16-18-20-22-24-26-29-31-35-39-43-47-51-57(62)59-55(54-60)56(61)50-46-42-38-34-12-10-8-6-4-2/h7,9,13-14,16,18,46,50,55-56,60-61H,3-6,8,10-12,15,17,19-45,47-49,51-54H2,1-2H3,(H,59,62)/b9-7-,14-13-,18-16-,50-46+. The molecule has 0 heterocycles. The van der Waals surface area contributed by atoms with Gasteiger partial charge in [-0.2, -0.15) is 0 Å². The van der Waals surface area contributed by atoms with Crippen molar-refractivity contribution in [3.05, 3.63) is 48.6 Å². The number of aliphatic hydroxyl groups is 2. The summed E-state index contributed by atoms with van der Waals surface area (Å²) >= 11 is 0. The van der Waals surface area contributed by atoms with Gasteiger partial charge in [0.15, 0.2) is 0 Å². The number of esters is 1. The minimum absolute atomic E-state index is 0.00326. The van der Waals surface area contributed by atoms with Gasteiger partial charge in [0.25, 0.3) is 0 Å². The molecule has 0 aromatic carbocycles. The van der Waals surface area contributed by atoms with E-state index in [4.69, 9.17) is 4.74 Å². The lowest BCUT2D eigenvalue weighted by molar-refractivity contribution is -0.143. The number of aliphatic hydroxyl groups excluding tert-OH is 2. The van der Waals surface area contributed by atoms with Crippen molar-refractivity contribution in [2.45, 2.75) is 296 Å². The van der Waals surface area contributed by atoms with Crippen LogP contribution in [0, 0.1) is 0 Å². The highest BCUT2D eigenvalue weighted by Crippen LogP contribution is 2.16. The summed E-state index contributed by atoms with van der Waals surface area (Å²) < 4.78 is 5.46. The molecule has 0 bridgehead atoms. The second-order valence-corrected chi connectivity index (χ2v) is 18.9. The van der Waals surface area contributed by atoms with Crippen molar-refractivity contribution in [3.8, 4) is 0 Å². The molecule has 374 valence electrons. The molecule has 0 saturated carbocycles. The number of carbonyl (C=O) groups excluding carboxylic acids is 2. The molecule has 0 radical (unpaired) electrons. The van der Waals surface area contributed by atoms with Crippen LogP contribution < -0.4 is 5.32 Å². The summed E-state index contributed by atoms with van der Waals surface area (Å²) in [4.78, 5) is 24.4. The topological polar surface area (TPSA) is 95.9 Å². The Morgan fingerprint density at radius 3 is 1.27 bits per heavy atom. The van der Waals surface area contributed by atoms with Gasteiger partial charge in [0.05, 0.1) is 25.4 Å². The first-order valence-electron chi connectivity index (χ1n) is 27.9. The Kier molecular flexibility index (Phi) is 51.6. The molecule has 6 heteroatoms. The van der Waals surface area contributed by atoms with Gasteiger partial charge < -0.3 is 20.3 Å². The van der Waals surface area contributed by atoms with Crippen molar-refractivity contribution in [2.75, 3.05) is 13.2 Å². The molecule has 0 spiro atoms. The van der Waals surface area contributed by atoms with Crippen LogP contribution in [-0.2, 0) is 14.3 Å². The first-order valence-corrected chi connectivity index (χ1v) is 27.9. The minimum Gasteiger partial charge on any atom is -0.466 e. The smallest absolute Gasteiger partial charge is 0.305 e. The van der Waals surface area contributed by atoms with Crippen LogP contribution in [0.25, 0.3) is 0 Å². The van der Waals surface area contributed by atoms with Gasteiger partial charge in [-0.25, -0.2) is 0 Å². The van der Waals surface area contributed by atoms with Gasteiger partial charge in [-0.15, -0.1) is 0 Å². The monoisotopic (exact) mass is 898 g/mol. The zero-order valence-corrected chi connectivity index (χ0v) is 42.5. The van der Waals surface area contributed by atoms with E-state index >= 15 is 0 Å². The van der Waals surface area contributed by atoms with E-state index < -0.39 is 12.1 Å². The molecule has 64 heavy (non-hydrogen) atoms. The van der Waals surface area contributed by atoms with Crippen LogP contribution in [-0.4, -0.2) is 47.4 Å². The normalized spacial score (nSPS) is 13.0. The summed E-state index contributed by atoms with van der Waals surface area (Å²) in [5.74, 6) is -0.0779. The molecule has 0 fully saturated rings. The summed E-state index contributed by atoms with van der Waals surface area (Å²) in [7, 11) is 0. The van der Waals surface area contributed by atoms with E-state index in [9.17, 15) is 19.8 Å². The second kappa shape index (κ2) is 53.4. The third-order valence-electron chi connectivity index (χ3n) is 12.5. The molecule has 0 aliphatic heterocycles. The van der Waals surface area contributed by atoms with Crippen molar-refractivity contribution in [2.24, 2.45) is 0 Å². The number of amides is 1. The van der Waals surface area contributed by atoms with Gasteiger partial charge in [0.1, 0.15) is 0 Å². The Bertz CT molecular complexity index is 1080. The number of hydrogen-bond donors (Lipinski definition) is 3. The molecule has 2 atom stereocenters. The number of hydrogen-bond acceptors (Lipinski definition) is 5. The molecule has 6 nitrogen and oxygen atoms in total. The Labute approximate surface area is 397 Å². The van der Waals surface area contributed by atoms with Crippen molar-refractivity contribution in [3.63, 3.8) is 0 Å². The number of nitrogens with one attached hydrogen (secondary N) is 1. The summed E-state index contributed by atoms with van der Waals surface area (Å²) in [5, 5.41) is 22.9. The van der Waals surface area contributed by atoms with Crippen molar-refractivity contribution in [1.29, 1.82) is 0 Å². The van der Waals surface area contributed by atoms with Crippen LogP contribution in [0.15, 0.2) is 48.6 Å². The first-order chi connectivity index (χ1) is 31.5. The third kappa shape index (κ3) is 49.3. The van der Waals surface area contributed by atoms with Crippen LogP contribution in [0.1, 0.15) is 284 Å². The van der Waals surface area contributed by atoms with Crippen LogP contribution in [0.5, 0.6) is 0 Å². The zero-order chi connectivity index (χ0) is 46.5. The van der Waals surface area contributed by atoms with E-state index in [0.29, 0.717) is 19.4 Å². The van der Waals surface area contributed by atoms with Crippen molar-refractivity contribution < 1.29 is 24.5 Å². The molecule has 0 aliphatic carbocycles. The predicted molar refractivity (Wildman–Crippen MR) is 278 cm³/mol. The fraction of sp³-hybridized carbons (Fsp3) is 0.828. The number of unbranched alkanes of at least 4 members (excludes halogenated alkanes) is 34. The lowest BCUT2D eigenvalue weighted by Gasteiger charge is -2.20. The van der Waals surface area contributed by atoms with E-state index in [2.05, 4.69) is 55.6 Å². The Balaban J connectivity index is 3.40. The van der Waals surface area contributed by atoms with E-state index in [-0.39, 0.29) is 18.5 Å². The summed E-state index contributed by atoms with van der Waals surface area (Å²) in [6, 6.07) is -0.628. The summed E-state index contributed by atoms with van der Waals surface area (Å²) in [6.07, 6.45) is 67.2. The van der Waals surface area contributed by atoms with Gasteiger partial charge in [-0.05, 0) is 83.5 Å². The Hall–Kier alpha value is -2.18. The second-order valence-electron chi connectivity index (χ2n) is 18.9. The quantitative estimate of drug-likeness (QED) is 0.0321. The lowest BCUT2D eigenvalue weighted by Crippen LogP contribution is -2.45. The Morgan fingerprint density at radius 2 is 0.812 bits per heavy atom. The molecular formula is C58H107NO5. The minimum atomic E-state index is -0.844. The molecule has 0 rings (SSSR count). The molecular weight excluding hydrogens is 791 g/mol. The van der Waals surface area contributed by atoms with Gasteiger partial charge in [0, 0.05) is 12.8 Å². The van der Waals surface area contributed by atoms with Crippen LogP contribution in [0.2, 0.25) is 0 Å². The Morgan fingerprint density at radius 1 is 0.438 bits per heavy atom. The fourth-order valence-electron chi connectivity index (χ4n) is 8.25. The molecule has 3 N–H and O–H groups in total.